The molecule has 86 valence electrons. The van der Waals surface area contributed by atoms with Gasteiger partial charge in [0.25, 0.3) is 0 Å². The fraction of sp³-hybridized carbons (Fsp3) is 0.727. The number of piperidine rings is 1. The Labute approximate surface area is 94.4 Å². The molecule has 0 N–H and O–H groups in total. The van der Waals surface area contributed by atoms with E-state index in [9.17, 15) is 4.79 Å². The maximum Gasteiger partial charge on any atom is 0.225 e. The van der Waals surface area contributed by atoms with Crippen LogP contribution in [0.3, 0.4) is 0 Å². The first-order valence-electron chi connectivity index (χ1n) is 5.99. The lowest BCUT2D eigenvalue weighted by molar-refractivity contribution is -0.133. The van der Waals surface area contributed by atoms with Crippen LogP contribution in [0.2, 0.25) is 0 Å². The van der Waals surface area contributed by atoms with E-state index in [0.29, 0.717) is 17.9 Å². The lowest BCUT2D eigenvalue weighted by Gasteiger charge is -2.31. The lowest BCUT2D eigenvalue weighted by Crippen LogP contribution is -2.40. The standard InChI is InChI=1S/C11H16N4O/c16-11(9-1-2-9)14-7-3-10(4-8-14)15-12-5-6-13-15/h5-6,9-10H,1-4,7-8H2. The zero-order valence-electron chi connectivity index (χ0n) is 9.25. The van der Waals surface area contributed by atoms with Crippen LogP contribution in [0.1, 0.15) is 31.7 Å². The second-order valence-corrected chi connectivity index (χ2v) is 4.68. The molecule has 0 aromatic carbocycles. The Bertz CT molecular complexity index is 363. The average Bonchev–Trinajstić information content (AvgIpc) is 3.04. The van der Waals surface area contributed by atoms with Gasteiger partial charge in [-0.25, -0.2) is 0 Å². The summed E-state index contributed by atoms with van der Waals surface area (Å²) in [6, 6.07) is 0.373. The minimum atomic E-state index is 0.347. The zero-order chi connectivity index (χ0) is 11.0. The predicted octanol–water partition coefficient (Wildman–Crippen LogP) is 0.852. The molecule has 1 saturated heterocycles. The summed E-state index contributed by atoms with van der Waals surface area (Å²) in [6.45, 7) is 1.73. The highest BCUT2D eigenvalue weighted by atomic mass is 16.2. The molecule has 1 aliphatic carbocycles. The number of rotatable bonds is 2. The number of carbonyl (C=O) groups is 1. The Balaban J connectivity index is 1.57. The largest absolute Gasteiger partial charge is 0.342 e. The summed E-state index contributed by atoms with van der Waals surface area (Å²) in [5.74, 6) is 0.714. The average molecular weight is 220 g/mol. The molecule has 2 heterocycles. The lowest BCUT2D eigenvalue weighted by atomic mass is 10.1. The predicted molar refractivity (Wildman–Crippen MR) is 57.6 cm³/mol. The highest BCUT2D eigenvalue weighted by Gasteiger charge is 2.35. The molecule has 2 aliphatic rings. The molecule has 0 radical (unpaired) electrons. The van der Waals surface area contributed by atoms with E-state index in [1.165, 1.54) is 0 Å². The number of hydrogen-bond donors (Lipinski definition) is 0. The molecule has 1 aromatic rings. The van der Waals surface area contributed by atoms with Crippen molar-refractivity contribution in [3.8, 4) is 0 Å². The Morgan fingerprint density at radius 2 is 1.69 bits per heavy atom. The van der Waals surface area contributed by atoms with Crippen molar-refractivity contribution in [3.05, 3.63) is 12.4 Å². The van der Waals surface area contributed by atoms with Crippen molar-refractivity contribution in [3.63, 3.8) is 0 Å². The summed E-state index contributed by atoms with van der Waals surface area (Å²) < 4.78 is 0. The molecular formula is C11H16N4O. The first-order valence-corrected chi connectivity index (χ1v) is 5.99. The van der Waals surface area contributed by atoms with Crippen molar-refractivity contribution in [2.24, 2.45) is 5.92 Å². The van der Waals surface area contributed by atoms with E-state index in [2.05, 4.69) is 10.2 Å². The number of nitrogens with zero attached hydrogens (tertiary/aromatic N) is 4. The van der Waals surface area contributed by atoms with E-state index < -0.39 is 0 Å². The molecule has 1 saturated carbocycles. The van der Waals surface area contributed by atoms with Crippen LogP contribution in [0, 0.1) is 5.92 Å². The normalized spacial score (nSPS) is 22.4. The van der Waals surface area contributed by atoms with Gasteiger partial charge in [-0.2, -0.15) is 15.0 Å². The fourth-order valence-corrected chi connectivity index (χ4v) is 2.32. The fourth-order valence-electron chi connectivity index (χ4n) is 2.32. The summed E-state index contributed by atoms with van der Waals surface area (Å²) in [7, 11) is 0. The number of aromatic nitrogens is 3. The SMILES string of the molecule is O=C(C1CC1)N1CCC(n2nccn2)CC1. The van der Waals surface area contributed by atoms with Crippen LogP contribution < -0.4 is 0 Å². The molecule has 3 rings (SSSR count). The minimum Gasteiger partial charge on any atom is -0.342 e. The topological polar surface area (TPSA) is 51.0 Å². The van der Waals surface area contributed by atoms with Crippen molar-refractivity contribution in [1.82, 2.24) is 19.9 Å². The Morgan fingerprint density at radius 1 is 1.06 bits per heavy atom. The molecule has 5 nitrogen and oxygen atoms in total. The summed E-state index contributed by atoms with van der Waals surface area (Å²) in [6.07, 6.45) is 7.57. The molecule has 0 unspecified atom stereocenters. The van der Waals surface area contributed by atoms with E-state index in [1.807, 2.05) is 4.90 Å². The van der Waals surface area contributed by atoms with E-state index >= 15 is 0 Å². The second-order valence-electron chi connectivity index (χ2n) is 4.68. The van der Waals surface area contributed by atoms with Gasteiger partial charge in [-0.05, 0) is 25.7 Å². The molecular weight excluding hydrogens is 204 g/mol. The van der Waals surface area contributed by atoms with Crippen molar-refractivity contribution in [1.29, 1.82) is 0 Å². The molecule has 0 atom stereocenters. The number of likely N-dealkylation sites (tertiary alicyclic amines) is 1. The third-order valence-electron chi connectivity index (χ3n) is 3.47. The van der Waals surface area contributed by atoms with Crippen molar-refractivity contribution < 1.29 is 4.79 Å². The van der Waals surface area contributed by atoms with Gasteiger partial charge in [0.15, 0.2) is 0 Å². The zero-order valence-corrected chi connectivity index (χ0v) is 9.25. The molecule has 1 amide bonds. The van der Waals surface area contributed by atoms with Crippen LogP contribution >= 0.6 is 0 Å². The first kappa shape index (κ1) is 9.81. The van der Waals surface area contributed by atoms with E-state index in [4.69, 9.17) is 0 Å². The summed E-state index contributed by atoms with van der Waals surface area (Å²) in [5.41, 5.74) is 0. The van der Waals surface area contributed by atoms with Crippen LogP contribution in [-0.2, 0) is 4.79 Å². The van der Waals surface area contributed by atoms with Crippen molar-refractivity contribution in [2.45, 2.75) is 31.7 Å². The van der Waals surface area contributed by atoms with Crippen molar-refractivity contribution in [2.75, 3.05) is 13.1 Å². The summed E-state index contributed by atoms with van der Waals surface area (Å²) in [4.78, 5) is 15.6. The second kappa shape index (κ2) is 3.88. The Kier molecular flexibility index (Phi) is 2.38. The molecule has 1 aliphatic heterocycles. The molecule has 1 aromatic heterocycles. The van der Waals surface area contributed by atoms with Gasteiger partial charge in [0.1, 0.15) is 0 Å². The van der Waals surface area contributed by atoms with Gasteiger partial charge in [-0.15, -0.1) is 0 Å². The molecule has 5 heteroatoms. The third kappa shape index (κ3) is 1.81. The Hall–Kier alpha value is -1.39. The van der Waals surface area contributed by atoms with Crippen LogP contribution in [0.15, 0.2) is 12.4 Å². The highest BCUT2D eigenvalue weighted by Crippen LogP contribution is 2.32. The Morgan fingerprint density at radius 3 is 2.25 bits per heavy atom. The molecule has 0 bridgehead atoms. The molecule has 2 fully saturated rings. The van der Waals surface area contributed by atoms with Gasteiger partial charge in [-0.1, -0.05) is 0 Å². The molecule has 0 spiro atoms. The van der Waals surface area contributed by atoms with Crippen LogP contribution in [0.4, 0.5) is 0 Å². The highest BCUT2D eigenvalue weighted by molar-refractivity contribution is 5.81. The van der Waals surface area contributed by atoms with Crippen LogP contribution in [0.5, 0.6) is 0 Å². The van der Waals surface area contributed by atoms with Gasteiger partial charge in [0.2, 0.25) is 5.91 Å². The van der Waals surface area contributed by atoms with Gasteiger partial charge in [-0.3, -0.25) is 4.79 Å². The summed E-state index contributed by atoms with van der Waals surface area (Å²) >= 11 is 0. The van der Waals surface area contributed by atoms with E-state index in [0.717, 1.165) is 38.8 Å². The van der Waals surface area contributed by atoms with Crippen LogP contribution in [-0.4, -0.2) is 38.9 Å². The first-order chi connectivity index (χ1) is 7.84. The van der Waals surface area contributed by atoms with Gasteiger partial charge in [0, 0.05) is 19.0 Å². The monoisotopic (exact) mass is 220 g/mol. The number of carbonyl (C=O) groups excluding carboxylic acids is 1. The number of amides is 1. The van der Waals surface area contributed by atoms with Gasteiger partial charge in [0.05, 0.1) is 18.4 Å². The van der Waals surface area contributed by atoms with E-state index in [1.54, 1.807) is 17.2 Å². The van der Waals surface area contributed by atoms with Crippen molar-refractivity contribution >= 4 is 5.91 Å². The van der Waals surface area contributed by atoms with Crippen LogP contribution in [0.25, 0.3) is 0 Å². The number of hydrogen-bond acceptors (Lipinski definition) is 3. The van der Waals surface area contributed by atoms with Gasteiger partial charge >= 0.3 is 0 Å². The third-order valence-corrected chi connectivity index (χ3v) is 3.47. The quantitative estimate of drug-likeness (QED) is 0.742. The maximum absolute atomic E-state index is 11.8. The van der Waals surface area contributed by atoms with E-state index in [-0.39, 0.29) is 0 Å². The smallest absolute Gasteiger partial charge is 0.225 e. The molecule has 16 heavy (non-hydrogen) atoms. The van der Waals surface area contributed by atoms with Gasteiger partial charge < -0.3 is 4.90 Å². The minimum absolute atomic E-state index is 0.347. The maximum atomic E-state index is 11.8. The summed E-state index contributed by atoms with van der Waals surface area (Å²) in [5, 5.41) is 8.32.